The van der Waals surface area contributed by atoms with Gasteiger partial charge < -0.3 is 14.7 Å². The lowest BCUT2D eigenvalue weighted by atomic mass is 10.1. The van der Waals surface area contributed by atoms with Crippen molar-refractivity contribution in [3.63, 3.8) is 0 Å². The number of hydrogen-bond acceptors (Lipinski definition) is 3. The van der Waals surface area contributed by atoms with Crippen molar-refractivity contribution in [3.8, 4) is 5.75 Å². The number of halogens is 1. The zero-order chi connectivity index (χ0) is 14.7. The highest BCUT2D eigenvalue weighted by Crippen LogP contribution is 2.20. The molecule has 0 aliphatic carbocycles. The fraction of sp³-hybridized carbons (Fsp3) is 0.133. The van der Waals surface area contributed by atoms with Crippen LogP contribution in [0.1, 0.15) is 11.6 Å². The molecule has 0 bridgehead atoms. The first-order chi connectivity index (χ1) is 10.3. The van der Waals surface area contributed by atoms with E-state index in [0.29, 0.717) is 17.9 Å². The molecular formula is C15H14ClN3O2. The minimum atomic E-state index is -0.230. The van der Waals surface area contributed by atoms with Crippen molar-refractivity contribution in [2.45, 2.75) is 6.04 Å². The number of fused-ring (bicyclic) bond motifs is 1. The molecule has 0 spiro atoms. The smallest absolute Gasteiger partial charge is 0.323 e. The van der Waals surface area contributed by atoms with Crippen LogP contribution in [0, 0.1) is 0 Å². The van der Waals surface area contributed by atoms with Crippen molar-refractivity contribution >= 4 is 22.8 Å². The second kappa shape index (κ2) is 6.03. The van der Waals surface area contributed by atoms with Crippen LogP contribution in [0.3, 0.4) is 0 Å². The van der Waals surface area contributed by atoms with E-state index in [1.165, 1.54) is 0 Å². The summed E-state index contributed by atoms with van der Waals surface area (Å²) in [5.41, 5.74) is 2.28. The lowest BCUT2D eigenvalue weighted by Crippen LogP contribution is -2.19. The highest BCUT2D eigenvalue weighted by atomic mass is 35.5. The SMILES string of the molecule is O=c1[nH]c2ccc(OCC(NCl)c3ccccc3)cc2[nH]1. The molecule has 0 saturated carbocycles. The van der Waals surface area contributed by atoms with Gasteiger partial charge in [-0.25, -0.2) is 9.63 Å². The largest absolute Gasteiger partial charge is 0.491 e. The van der Waals surface area contributed by atoms with Gasteiger partial charge in [0, 0.05) is 6.07 Å². The number of aromatic nitrogens is 2. The summed E-state index contributed by atoms with van der Waals surface area (Å²) >= 11 is 5.78. The van der Waals surface area contributed by atoms with Crippen LogP contribution in [0.4, 0.5) is 0 Å². The number of ether oxygens (including phenoxy) is 1. The van der Waals surface area contributed by atoms with Crippen LogP contribution >= 0.6 is 11.8 Å². The summed E-state index contributed by atoms with van der Waals surface area (Å²) in [4.78, 5) is 19.3. The summed E-state index contributed by atoms with van der Waals surface area (Å²) in [6, 6.07) is 15.1. The summed E-state index contributed by atoms with van der Waals surface area (Å²) in [6.45, 7) is 0.383. The normalized spacial score (nSPS) is 12.4. The van der Waals surface area contributed by atoms with Crippen molar-refractivity contribution in [2.75, 3.05) is 6.61 Å². The van der Waals surface area contributed by atoms with E-state index in [4.69, 9.17) is 16.5 Å². The Bertz CT molecular complexity index is 782. The zero-order valence-electron chi connectivity index (χ0n) is 11.1. The van der Waals surface area contributed by atoms with Crippen LogP contribution in [0.15, 0.2) is 53.3 Å². The number of nitrogens with one attached hydrogen (secondary N) is 3. The predicted octanol–water partition coefficient (Wildman–Crippen LogP) is 2.72. The number of imidazole rings is 1. The number of aromatic amines is 2. The van der Waals surface area contributed by atoms with Crippen molar-refractivity contribution in [3.05, 3.63) is 64.6 Å². The molecule has 0 radical (unpaired) electrons. The Morgan fingerprint density at radius 1 is 1.10 bits per heavy atom. The average molecular weight is 304 g/mol. The van der Waals surface area contributed by atoms with Crippen molar-refractivity contribution in [1.29, 1.82) is 0 Å². The standard InChI is InChI=1S/C15H14ClN3O2/c16-19-14(10-4-2-1-3-5-10)9-21-11-6-7-12-13(8-11)18-15(20)17-12/h1-8,14,19H,9H2,(H2,17,18,20). The third kappa shape index (κ3) is 3.09. The zero-order valence-corrected chi connectivity index (χ0v) is 11.9. The molecule has 0 saturated heterocycles. The van der Waals surface area contributed by atoms with E-state index < -0.39 is 0 Å². The summed E-state index contributed by atoms with van der Waals surface area (Å²) in [5.74, 6) is 0.672. The Morgan fingerprint density at radius 2 is 1.86 bits per heavy atom. The molecule has 2 aromatic carbocycles. The molecule has 6 heteroatoms. The van der Waals surface area contributed by atoms with E-state index >= 15 is 0 Å². The number of hydrogen-bond donors (Lipinski definition) is 3. The molecule has 3 aromatic rings. The van der Waals surface area contributed by atoms with Crippen LogP contribution in [-0.2, 0) is 0 Å². The number of H-pyrrole nitrogens is 2. The first-order valence-electron chi connectivity index (χ1n) is 6.52. The Hall–Kier alpha value is -2.24. The molecule has 0 fully saturated rings. The third-order valence-corrected chi connectivity index (χ3v) is 3.50. The minimum absolute atomic E-state index is 0.117. The lowest BCUT2D eigenvalue weighted by Gasteiger charge is -2.16. The van der Waals surface area contributed by atoms with Gasteiger partial charge in [-0.1, -0.05) is 30.3 Å². The lowest BCUT2D eigenvalue weighted by molar-refractivity contribution is 0.283. The van der Waals surface area contributed by atoms with E-state index in [1.54, 1.807) is 12.1 Å². The van der Waals surface area contributed by atoms with Crippen LogP contribution in [0.2, 0.25) is 0 Å². The quantitative estimate of drug-likeness (QED) is 0.635. The van der Waals surface area contributed by atoms with Gasteiger partial charge in [0.1, 0.15) is 12.4 Å². The highest BCUT2D eigenvalue weighted by Gasteiger charge is 2.11. The molecule has 0 aliphatic rings. The van der Waals surface area contributed by atoms with Crippen LogP contribution in [-0.4, -0.2) is 16.6 Å². The maximum absolute atomic E-state index is 11.2. The van der Waals surface area contributed by atoms with Gasteiger partial charge in [-0.05, 0) is 29.5 Å². The first-order valence-corrected chi connectivity index (χ1v) is 6.90. The highest BCUT2D eigenvalue weighted by molar-refractivity contribution is 6.13. The van der Waals surface area contributed by atoms with E-state index in [1.807, 2.05) is 36.4 Å². The maximum atomic E-state index is 11.2. The molecule has 1 aromatic heterocycles. The summed E-state index contributed by atoms with van der Waals surface area (Å²) < 4.78 is 5.75. The second-order valence-electron chi connectivity index (χ2n) is 4.67. The molecular weight excluding hydrogens is 290 g/mol. The molecule has 1 heterocycles. The molecule has 0 amide bonds. The van der Waals surface area contributed by atoms with Gasteiger partial charge in [-0.2, -0.15) is 0 Å². The Morgan fingerprint density at radius 3 is 2.62 bits per heavy atom. The number of rotatable bonds is 5. The summed E-state index contributed by atoms with van der Waals surface area (Å²) in [7, 11) is 0. The molecule has 3 N–H and O–H groups in total. The van der Waals surface area contributed by atoms with Gasteiger partial charge in [-0.3, -0.25) is 0 Å². The molecule has 5 nitrogen and oxygen atoms in total. The Labute approximate surface area is 126 Å². The minimum Gasteiger partial charge on any atom is -0.491 e. The van der Waals surface area contributed by atoms with Gasteiger partial charge in [-0.15, -0.1) is 0 Å². The average Bonchev–Trinajstić information content (AvgIpc) is 2.88. The molecule has 1 atom stereocenters. The van der Waals surface area contributed by atoms with Crippen molar-refractivity contribution in [1.82, 2.24) is 14.8 Å². The third-order valence-electron chi connectivity index (χ3n) is 3.24. The number of benzene rings is 2. The monoisotopic (exact) mass is 303 g/mol. The van der Waals surface area contributed by atoms with Gasteiger partial charge in [0.2, 0.25) is 0 Å². The van der Waals surface area contributed by atoms with Crippen LogP contribution in [0.5, 0.6) is 5.75 Å². The predicted molar refractivity (Wildman–Crippen MR) is 82.6 cm³/mol. The maximum Gasteiger partial charge on any atom is 0.323 e. The van der Waals surface area contributed by atoms with Gasteiger partial charge in [0.25, 0.3) is 0 Å². The fourth-order valence-electron chi connectivity index (χ4n) is 2.16. The van der Waals surface area contributed by atoms with E-state index in [2.05, 4.69) is 14.8 Å². The van der Waals surface area contributed by atoms with Crippen molar-refractivity contribution in [2.24, 2.45) is 0 Å². The van der Waals surface area contributed by atoms with Crippen LogP contribution in [0.25, 0.3) is 11.0 Å². The van der Waals surface area contributed by atoms with Crippen LogP contribution < -0.4 is 15.3 Å². The molecule has 3 rings (SSSR count). The Balaban J connectivity index is 1.74. The molecule has 21 heavy (non-hydrogen) atoms. The fourth-order valence-corrected chi connectivity index (χ4v) is 2.35. The van der Waals surface area contributed by atoms with Gasteiger partial charge in [0.05, 0.1) is 17.1 Å². The first kappa shape index (κ1) is 13.7. The van der Waals surface area contributed by atoms with E-state index in [-0.39, 0.29) is 11.7 Å². The van der Waals surface area contributed by atoms with Gasteiger partial charge in [0.15, 0.2) is 0 Å². The second-order valence-corrected chi connectivity index (χ2v) is 4.89. The summed E-state index contributed by atoms with van der Waals surface area (Å²) in [6.07, 6.45) is 0. The topological polar surface area (TPSA) is 69.9 Å². The Kier molecular flexibility index (Phi) is 3.94. The molecule has 1 unspecified atom stereocenters. The van der Waals surface area contributed by atoms with E-state index in [0.717, 1.165) is 11.1 Å². The van der Waals surface area contributed by atoms with Crippen molar-refractivity contribution < 1.29 is 4.74 Å². The molecule has 0 aliphatic heterocycles. The molecule has 108 valence electrons. The van der Waals surface area contributed by atoms with Gasteiger partial charge >= 0.3 is 5.69 Å². The van der Waals surface area contributed by atoms with E-state index in [9.17, 15) is 4.79 Å². The summed E-state index contributed by atoms with van der Waals surface area (Å²) in [5, 5.41) is 0.